The van der Waals surface area contributed by atoms with Crippen LogP contribution in [0.4, 0.5) is 0 Å². The molecule has 0 saturated carbocycles. The van der Waals surface area contributed by atoms with Crippen molar-refractivity contribution in [3.63, 3.8) is 0 Å². The fraction of sp³-hybridized carbons (Fsp3) is 0.542. The van der Waals surface area contributed by atoms with Crippen molar-refractivity contribution in [1.82, 2.24) is 9.47 Å². The number of aromatic nitrogens is 1. The van der Waals surface area contributed by atoms with Crippen LogP contribution >= 0.6 is 0 Å². The van der Waals surface area contributed by atoms with Crippen LogP contribution in [-0.2, 0) is 9.47 Å². The first-order chi connectivity index (χ1) is 15.1. The Kier molecular flexibility index (Phi) is 5.73. The summed E-state index contributed by atoms with van der Waals surface area (Å²) in [5.41, 5.74) is 3.77. The molecule has 0 radical (unpaired) electrons. The summed E-state index contributed by atoms with van der Waals surface area (Å²) >= 11 is 0. The monoisotopic (exact) mass is 426 g/mol. The van der Waals surface area contributed by atoms with Gasteiger partial charge in [-0.1, -0.05) is 0 Å². The van der Waals surface area contributed by atoms with E-state index < -0.39 is 0 Å². The first-order valence-electron chi connectivity index (χ1n) is 11.2. The Morgan fingerprint density at radius 2 is 1.68 bits per heavy atom. The van der Waals surface area contributed by atoms with Gasteiger partial charge in [-0.3, -0.25) is 9.69 Å². The number of likely N-dealkylation sites (tertiary alicyclic amines) is 1. The Morgan fingerprint density at radius 1 is 0.968 bits per heavy atom. The molecule has 1 aromatic carbocycles. The van der Waals surface area contributed by atoms with Crippen LogP contribution in [0.3, 0.4) is 0 Å². The maximum Gasteiger partial charge on any atom is 0.178 e. The molecule has 0 N–H and O–H groups in total. The number of hydrogen-bond acceptors (Lipinski definition) is 6. The van der Waals surface area contributed by atoms with Gasteiger partial charge in [0.25, 0.3) is 0 Å². The van der Waals surface area contributed by atoms with E-state index >= 15 is 0 Å². The lowest BCUT2D eigenvalue weighted by Gasteiger charge is -2.33. The van der Waals surface area contributed by atoms with Crippen LogP contribution < -0.4 is 9.47 Å². The van der Waals surface area contributed by atoms with Gasteiger partial charge in [0.15, 0.2) is 23.6 Å². The summed E-state index contributed by atoms with van der Waals surface area (Å²) in [4.78, 5) is 15.4. The van der Waals surface area contributed by atoms with Crippen LogP contribution in [0.2, 0.25) is 0 Å². The number of carbonyl (C=O) groups is 1. The van der Waals surface area contributed by atoms with E-state index in [4.69, 9.17) is 18.9 Å². The first kappa shape index (κ1) is 20.5. The first-order valence-corrected chi connectivity index (χ1v) is 11.2. The van der Waals surface area contributed by atoms with Crippen LogP contribution in [0.5, 0.6) is 11.5 Å². The van der Waals surface area contributed by atoms with Crippen molar-refractivity contribution in [2.24, 2.45) is 5.92 Å². The third-order valence-corrected chi connectivity index (χ3v) is 6.55. The van der Waals surface area contributed by atoms with Crippen LogP contribution in [0.15, 0.2) is 24.3 Å². The number of hydrogen-bond donors (Lipinski definition) is 0. The zero-order valence-corrected chi connectivity index (χ0v) is 18.3. The molecule has 3 aliphatic rings. The number of piperidine rings is 1. The lowest BCUT2D eigenvalue weighted by Crippen LogP contribution is -2.40. The highest BCUT2D eigenvalue weighted by Gasteiger charge is 2.31. The second-order valence-corrected chi connectivity index (χ2v) is 8.59. The molecule has 2 aromatic rings. The van der Waals surface area contributed by atoms with Gasteiger partial charge in [-0.15, -0.1) is 0 Å². The Labute approximate surface area is 182 Å². The van der Waals surface area contributed by atoms with E-state index in [1.807, 2.05) is 38.1 Å². The molecule has 0 unspecified atom stereocenters. The normalized spacial score (nSPS) is 20.3. The van der Waals surface area contributed by atoms with Crippen LogP contribution in [0.25, 0.3) is 5.69 Å². The predicted octanol–water partition coefficient (Wildman–Crippen LogP) is 3.13. The summed E-state index contributed by atoms with van der Waals surface area (Å²) in [6.07, 6.45) is 1.96. The van der Waals surface area contributed by atoms with Crippen LogP contribution in [-0.4, -0.2) is 67.6 Å². The average Bonchev–Trinajstić information content (AvgIpc) is 3.42. The molecule has 0 amide bonds. The molecule has 31 heavy (non-hydrogen) atoms. The molecule has 0 aliphatic carbocycles. The molecule has 166 valence electrons. The van der Waals surface area contributed by atoms with E-state index in [0.717, 1.165) is 60.1 Å². The van der Waals surface area contributed by atoms with E-state index in [1.54, 1.807) is 0 Å². The van der Waals surface area contributed by atoms with Gasteiger partial charge in [0.05, 0.1) is 19.8 Å². The highest BCUT2D eigenvalue weighted by atomic mass is 16.7. The molecule has 0 atom stereocenters. The molecule has 4 heterocycles. The van der Waals surface area contributed by atoms with Gasteiger partial charge in [-0.2, -0.15) is 0 Å². The Balaban J connectivity index is 1.27. The number of ketones is 1. The van der Waals surface area contributed by atoms with Gasteiger partial charge >= 0.3 is 0 Å². The van der Waals surface area contributed by atoms with Gasteiger partial charge in [0.2, 0.25) is 0 Å². The Bertz CT molecular complexity index is 955. The molecule has 7 heteroatoms. The lowest BCUT2D eigenvalue weighted by atomic mass is 9.96. The number of nitrogens with zero attached hydrogens (tertiary/aromatic N) is 2. The number of benzene rings is 1. The van der Waals surface area contributed by atoms with Crippen molar-refractivity contribution in [3.8, 4) is 17.2 Å². The van der Waals surface area contributed by atoms with E-state index in [2.05, 4.69) is 9.47 Å². The topological polar surface area (TPSA) is 62.2 Å². The fourth-order valence-corrected chi connectivity index (χ4v) is 4.93. The minimum absolute atomic E-state index is 0.0530. The van der Waals surface area contributed by atoms with Crippen molar-refractivity contribution >= 4 is 5.78 Å². The van der Waals surface area contributed by atoms with E-state index in [1.165, 1.54) is 0 Å². The van der Waals surface area contributed by atoms with E-state index in [9.17, 15) is 4.79 Å². The maximum atomic E-state index is 13.2. The highest BCUT2D eigenvalue weighted by Crippen LogP contribution is 2.33. The van der Waals surface area contributed by atoms with Crippen molar-refractivity contribution in [2.75, 3.05) is 46.1 Å². The largest absolute Gasteiger partial charge is 0.486 e. The summed E-state index contributed by atoms with van der Waals surface area (Å²) < 4.78 is 24.8. The molecule has 3 aliphatic heterocycles. The van der Waals surface area contributed by atoms with Gasteiger partial charge in [0, 0.05) is 34.6 Å². The fourth-order valence-electron chi connectivity index (χ4n) is 4.93. The quantitative estimate of drug-likeness (QED) is 0.685. The second-order valence-electron chi connectivity index (χ2n) is 8.59. The van der Waals surface area contributed by atoms with Gasteiger partial charge in [-0.05, 0) is 58.0 Å². The van der Waals surface area contributed by atoms with Crippen molar-refractivity contribution in [3.05, 3.63) is 41.2 Å². The summed E-state index contributed by atoms with van der Waals surface area (Å²) in [6, 6.07) is 7.94. The van der Waals surface area contributed by atoms with Crippen LogP contribution in [0, 0.1) is 19.8 Å². The standard InChI is InChI=1S/C24H30N2O5/c1-16-13-20(17(2)26(16)19-3-4-22-23(14-19)29-10-9-28-22)21(27)15-25-7-5-18(6-8-25)24-30-11-12-31-24/h3-4,13-14,18,24H,5-12,15H2,1-2H3. The van der Waals surface area contributed by atoms with Crippen molar-refractivity contribution < 1.29 is 23.7 Å². The number of carbonyl (C=O) groups excluding carboxylic acids is 1. The van der Waals surface area contributed by atoms with Gasteiger partial charge < -0.3 is 23.5 Å². The predicted molar refractivity (Wildman–Crippen MR) is 115 cm³/mol. The minimum Gasteiger partial charge on any atom is -0.486 e. The molecular weight excluding hydrogens is 396 g/mol. The number of aryl methyl sites for hydroxylation is 1. The number of rotatable bonds is 5. The Hall–Kier alpha value is -2.35. The molecular formula is C24H30N2O5. The zero-order chi connectivity index (χ0) is 21.4. The molecule has 1 aromatic heterocycles. The molecule has 2 saturated heterocycles. The van der Waals surface area contributed by atoms with Crippen molar-refractivity contribution in [2.45, 2.75) is 33.0 Å². The molecule has 7 nitrogen and oxygen atoms in total. The molecule has 0 bridgehead atoms. The number of ether oxygens (including phenoxy) is 4. The molecule has 5 rings (SSSR count). The lowest BCUT2D eigenvalue weighted by molar-refractivity contribution is -0.0968. The molecule has 2 fully saturated rings. The zero-order valence-electron chi connectivity index (χ0n) is 18.3. The highest BCUT2D eigenvalue weighted by molar-refractivity contribution is 5.99. The summed E-state index contributed by atoms with van der Waals surface area (Å²) in [5.74, 6) is 2.13. The third-order valence-electron chi connectivity index (χ3n) is 6.55. The molecule has 0 spiro atoms. The average molecular weight is 427 g/mol. The van der Waals surface area contributed by atoms with Crippen LogP contribution in [0.1, 0.15) is 34.6 Å². The third kappa shape index (κ3) is 4.10. The minimum atomic E-state index is -0.0530. The second kappa shape index (κ2) is 8.65. The van der Waals surface area contributed by atoms with E-state index in [0.29, 0.717) is 38.9 Å². The smallest absolute Gasteiger partial charge is 0.178 e. The summed E-state index contributed by atoms with van der Waals surface area (Å²) in [6.45, 7) is 8.83. The Morgan fingerprint density at radius 3 is 2.42 bits per heavy atom. The number of fused-ring (bicyclic) bond motifs is 1. The summed E-state index contributed by atoms with van der Waals surface area (Å²) in [5, 5.41) is 0. The number of Topliss-reactive ketones (excluding diaryl/α,β-unsaturated/α-hetero) is 1. The van der Waals surface area contributed by atoms with E-state index in [-0.39, 0.29) is 12.1 Å². The van der Waals surface area contributed by atoms with Gasteiger partial charge in [0.1, 0.15) is 13.2 Å². The SMILES string of the molecule is Cc1cc(C(=O)CN2CCC(C3OCCO3)CC2)c(C)n1-c1ccc2c(c1)OCCO2. The van der Waals surface area contributed by atoms with Crippen molar-refractivity contribution in [1.29, 1.82) is 0 Å². The van der Waals surface area contributed by atoms with Gasteiger partial charge in [-0.25, -0.2) is 0 Å². The maximum absolute atomic E-state index is 13.2. The summed E-state index contributed by atoms with van der Waals surface area (Å²) in [7, 11) is 0.